The van der Waals surface area contributed by atoms with Gasteiger partial charge in [0.2, 0.25) is 0 Å². The molecule has 1 aliphatic heterocycles. The molecule has 0 unspecified atom stereocenters. The van der Waals surface area contributed by atoms with Crippen LogP contribution in [0.2, 0.25) is 0 Å². The minimum absolute atomic E-state index is 0.00717. The highest BCUT2D eigenvalue weighted by Gasteiger charge is 2.32. The number of anilines is 1. The lowest BCUT2D eigenvalue weighted by Gasteiger charge is -2.15. The number of ether oxygens (including phenoxy) is 1. The number of methoxy groups -OCH3 is 1. The highest BCUT2D eigenvalue weighted by Crippen LogP contribution is 2.36. The Balaban J connectivity index is 1.92. The van der Waals surface area contributed by atoms with Gasteiger partial charge in [-0.15, -0.1) is 0 Å². The monoisotopic (exact) mass is 446 g/mol. The van der Waals surface area contributed by atoms with Crippen LogP contribution in [0.3, 0.4) is 0 Å². The summed E-state index contributed by atoms with van der Waals surface area (Å²) < 4.78 is 5.62. The van der Waals surface area contributed by atoms with Crippen molar-refractivity contribution in [1.29, 1.82) is 0 Å². The predicted octanol–water partition coefficient (Wildman–Crippen LogP) is 4.55. The number of nitrogens with zero attached hydrogens (tertiary/aromatic N) is 1. The molecule has 3 rings (SSSR count). The number of thiocarbonyl (C=S) groups is 1. The number of nitrogens with one attached hydrogen (secondary N) is 1. The standard InChI is InChI=1S/C20H19BrN2O3S/c1-11(2)13-4-6-14(7-5-13)23-19(25)16(22-20(23)27)9-12-8-15(21)18(24)17(10-12)26-3/h4-11,24H,1-3H3,(H,22,27)/b16-9-. The number of halogens is 1. The molecule has 1 aliphatic rings. The summed E-state index contributed by atoms with van der Waals surface area (Å²) in [5.41, 5.74) is 2.95. The van der Waals surface area contributed by atoms with Crippen LogP contribution in [-0.4, -0.2) is 23.2 Å². The molecular weight excluding hydrogens is 428 g/mol. The molecular formula is C20H19BrN2O3S. The van der Waals surface area contributed by atoms with Crippen LogP contribution in [-0.2, 0) is 4.79 Å². The number of phenolic OH excluding ortho intramolecular Hbond substituents is 1. The molecule has 0 radical (unpaired) electrons. The van der Waals surface area contributed by atoms with Gasteiger partial charge < -0.3 is 15.2 Å². The maximum absolute atomic E-state index is 12.9. The van der Waals surface area contributed by atoms with E-state index in [1.165, 1.54) is 17.6 Å². The van der Waals surface area contributed by atoms with Gasteiger partial charge in [0.15, 0.2) is 16.6 Å². The molecule has 0 aliphatic carbocycles. The highest BCUT2D eigenvalue weighted by atomic mass is 79.9. The van der Waals surface area contributed by atoms with Crippen molar-refractivity contribution in [3.05, 3.63) is 57.7 Å². The van der Waals surface area contributed by atoms with E-state index in [1.54, 1.807) is 18.2 Å². The molecule has 5 nitrogen and oxygen atoms in total. The molecule has 27 heavy (non-hydrogen) atoms. The Morgan fingerprint density at radius 2 is 1.93 bits per heavy atom. The van der Waals surface area contributed by atoms with Crippen LogP contribution >= 0.6 is 28.1 Å². The molecule has 1 amide bonds. The minimum atomic E-state index is -0.236. The summed E-state index contributed by atoms with van der Waals surface area (Å²) in [4.78, 5) is 14.3. The molecule has 1 heterocycles. The number of carbonyl (C=O) groups is 1. The van der Waals surface area contributed by atoms with Gasteiger partial charge >= 0.3 is 0 Å². The van der Waals surface area contributed by atoms with E-state index in [1.807, 2.05) is 24.3 Å². The normalized spacial score (nSPS) is 15.6. The van der Waals surface area contributed by atoms with E-state index in [4.69, 9.17) is 17.0 Å². The van der Waals surface area contributed by atoms with Gasteiger partial charge in [-0.2, -0.15) is 0 Å². The first kappa shape index (κ1) is 19.4. The van der Waals surface area contributed by atoms with Crippen molar-refractivity contribution in [3.63, 3.8) is 0 Å². The van der Waals surface area contributed by atoms with E-state index in [-0.39, 0.29) is 11.7 Å². The summed E-state index contributed by atoms with van der Waals surface area (Å²) in [7, 11) is 1.47. The number of phenols is 1. The largest absolute Gasteiger partial charge is 0.503 e. The second kappa shape index (κ2) is 7.70. The Bertz CT molecular complexity index is 939. The smallest absolute Gasteiger partial charge is 0.281 e. The Labute approximate surface area is 171 Å². The summed E-state index contributed by atoms with van der Waals surface area (Å²) in [5, 5.41) is 13.2. The average molecular weight is 447 g/mol. The van der Waals surface area contributed by atoms with Crippen molar-refractivity contribution in [1.82, 2.24) is 5.32 Å². The van der Waals surface area contributed by atoms with Crippen molar-refractivity contribution in [2.75, 3.05) is 12.0 Å². The number of hydrogen-bond acceptors (Lipinski definition) is 4. The molecule has 1 saturated heterocycles. The van der Waals surface area contributed by atoms with E-state index in [2.05, 4.69) is 35.1 Å². The third kappa shape index (κ3) is 3.84. The number of benzene rings is 2. The maximum Gasteiger partial charge on any atom is 0.281 e. The first-order chi connectivity index (χ1) is 12.8. The summed E-state index contributed by atoms with van der Waals surface area (Å²) in [6, 6.07) is 11.1. The van der Waals surface area contributed by atoms with E-state index in [9.17, 15) is 9.90 Å². The van der Waals surface area contributed by atoms with Gasteiger partial charge in [0.05, 0.1) is 17.3 Å². The highest BCUT2D eigenvalue weighted by molar-refractivity contribution is 9.10. The Kier molecular flexibility index (Phi) is 5.53. The molecule has 0 spiro atoms. The van der Waals surface area contributed by atoms with Crippen LogP contribution in [0.5, 0.6) is 11.5 Å². The van der Waals surface area contributed by atoms with Gasteiger partial charge in [-0.3, -0.25) is 9.69 Å². The Hall–Kier alpha value is -2.38. The molecule has 0 bridgehead atoms. The summed E-state index contributed by atoms with van der Waals surface area (Å²) in [5.74, 6) is 0.496. The first-order valence-corrected chi connectivity index (χ1v) is 9.55. The van der Waals surface area contributed by atoms with Gasteiger partial charge in [-0.05, 0) is 75.5 Å². The summed E-state index contributed by atoms with van der Waals surface area (Å²) in [6.45, 7) is 4.24. The average Bonchev–Trinajstić information content (AvgIpc) is 2.91. The van der Waals surface area contributed by atoms with Crippen LogP contribution in [0.25, 0.3) is 6.08 Å². The van der Waals surface area contributed by atoms with Gasteiger partial charge in [-0.1, -0.05) is 26.0 Å². The number of aromatic hydroxyl groups is 1. The van der Waals surface area contributed by atoms with Gasteiger partial charge in [0.25, 0.3) is 5.91 Å². The molecule has 1 fully saturated rings. The van der Waals surface area contributed by atoms with Crippen molar-refractivity contribution in [2.24, 2.45) is 0 Å². The lowest BCUT2D eigenvalue weighted by molar-refractivity contribution is -0.113. The van der Waals surface area contributed by atoms with Crippen molar-refractivity contribution < 1.29 is 14.6 Å². The lowest BCUT2D eigenvalue weighted by atomic mass is 10.0. The molecule has 2 N–H and O–H groups in total. The fourth-order valence-corrected chi connectivity index (χ4v) is 3.54. The Morgan fingerprint density at radius 1 is 1.26 bits per heavy atom. The predicted molar refractivity (Wildman–Crippen MR) is 114 cm³/mol. The zero-order chi connectivity index (χ0) is 19.7. The van der Waals surface area contributed by atoms with E-state index in [0.717, 1.165) is 5.69 Å². The van der Waals surface area contributed by atoms with E-state index in [0.29, 0.717) is 32.5 Å². The van der Waals surface area contributed by atoms with Crippen LogP contribution in [0.15, 0.2) is 46.6 Å². The third-order valence-electron chi connectivity index (χ3n) is 4.28. The molecule has 2 aromatic rings. The van der Waals surface area contributed by atoms with Crippen LogP contribution in [0, 0.1) is 0 Å². The van der Waals surface area contributed by atoms with Crippen molar-refractivity contribution in [3.8, 4) is 11.5 Å². The topological polar surface area (TPSA) is 61.8 Å². The number of carbonyl (C=O) groups excluding carboxylic acids is 1. The third-order valence-corrected chi connectivity index (χ3v) is 5.17. The fourth-order valence-electron chi connectivity index (χ4n) is 2.78. The van der Waals surface area contributed by atoms with E-state index < -0.39 is 0 Å². The maximum atomic E-state index is 12.9. The number of rotatable bonds is 4. The Morgan fingerprint density at radius 3 is 2.52 bits per heavy atom. The lowest BCUT2D eigenvalue weighted by Crippen LogP contribution is -2.30. The molecule has 0 atom stereocenters. The van der Waals surface area contributed by atoms with E-state index >= 15 is 0 Å². The minimum Gasteiger partial charge on any atom is -0.503 e. The summed E-state index contributed by atoms with van der Waals surface area (Å²) >= 11 is 8.63. The second-order valence-electron chi connectivity index (χ2n) is 6.43. The van der Waals surface area contributed by atoms with Crippen molar-refractivity contribution in [2.45, 2.75) is 19.8 Å². The van der Waals surface area contributed by atoms with Gasteiger partial charge in [0.1, 0.15) is 5.70 Å². The SMILES string of the molecule is COc1cc(/C=C2\NC(=S)N(c3ccc(C(C)C)cc3)C2=O)cc(Br)c1O. The second-order valence-corrected chi connectivity index (χ2v) is 7.67. The zero-order valence-electron chi connectivity index (χ0n) is 15.1. The number of hydrogen-bond donors (Lipinski definition) is 2. The van der Waals surface area contributed by atoms with Crippen LogP contribution in [0.4, 0.5) is 5.69 Å². The van der Waals surface area contributed by atoms with Crippen molar-refractivity contribution >= 4 is 50.9 Å². The molecule has 7 heteroatoms. The summed E-state index contributed by atoms with van der Waals surface area (Å²) in [6.07, 6.45) is 1.67. The molecule has 2 aromatic carbocycles. The molecule has 0 aromatic heterocycles. The van der Waals surface area contributed by atoms with Gasteiger partial charge in [0, 0.05) is 0 Å². The van der Waals surface area contributed by atoms with Gasteiger partial charge in [-0.25, -0.2) is 0 Å². The fraction of sp³-hybridized carbons (Fsp3) is 0.200. The first-order valence-electron chi connectivity index (χ1n) is 8.35. The zero-order valence-corrected chi connectivity index (χ0v) is 17.5. The molecule has 140 valence electrons. The van der Waals surface area contributed by atoms with Crippen LogP contribution in [0.1, 0.15) is 30.9 Å². The van der Waals surface area contributed by atoms with Crippen LogP contribution < -0.4 is 15.0 Å². The number of amides is 1. The quantitative estimate of drug-likeness (QED) is 0.532. The molecule has 0 saturated carbocycles.